The quantitative estimate of drug-likeness (QED) is 0.494. The number of imidazole rings is 1. The molecular weight excluding hydrogens is 388 g/mol. The van der Waals surface area contributed by atoms with Crippen LogP contribution < -0.4 is 4.74 Å². The second-order valence-corrected chi connectivity index (χ2v) is 7.24. The molecule has 0 fully saturated rings. The molecule has 2 heterocycles. The molecule has 1 amide bonds. The lowest BCUT2D eigenvalue weighted by molar-refractivity contribution is 0.0777. The molecule has 29 heavy (non-hydrogen) atoms. The standard InChI is InChI=1S/C22H21ClN4O2/c1-25(14-21-24-17-8-4-5-9-18(17)26(21)2)22(28)15-12-16(23)19(13-20(15)29-3)27-10-6-7-11-27/h4-13H,14H2,1-3H3. The zero-order chi connectivity index (χ0) is 20.5. The van der Waals surface area contributed by atoms with Gasteiger partial charge in [-0.15, -0.1) is 0 Å². The first-order chi connectivity index (χ1) is 14.0. The molecule has 7 heteroatoms. The van der Waals surface area contributed by atoms with Crippen LogP contribution in [0.5, 0.6) is 5.75 Å². The van der Waals surface area contributed by atoms with Crippen molar-refractivity contribution in [3.63, 3.8) is 0 Å². The molecule has 0 aliphatic carbocycles. The fraction of sp³-hybridized carbons (Fsp3) is 0.182. The van der Waals surface area contributed by atoms with E-state index in [2.05, 4.69) is 4.98 Å². The minimum absolute atomic E-state index is 0.185. The van der Waals surface area contributed by atoms with Crippen LogP contribution in [0.3, 0.4) is 0 Å². The lowest BCUT2D eigenvalue weighted by Crippen LogP contribution is -2.28. The van der Waals surface area contributed by atoms with Crippen LogP contribution in [0.4, 0.5) is 0 Å². The summed E-state index contributed by atoms with van der Waals surface area (Å²) in [6, 6.07) is 15.1. The Kier molecular flexibility index (Phi) is 5.03. The van der Waals surface area contributed by atoms with Crippen molar-refractivity contribution in [2.75, 3.05) is 14.2 Å². The number of aromatic nitrogens is 3. The van der Waals surface area contributed by atoms with Crippen molar-refractivity contribution in [3.8, 4) is 11.4 Å². The van der Waals surface area contributed by atoms with Gasteiger partial charge in [-0.25, -0.2) is 4.98 Å². The monoisotopic (exact) mass is 408 g/mol. The molecule has 4 rings (SSSR count). The zero-order valence-corrected chi connectivity index (χ0v) is 17.2. The maximum Gasteiger partial charge on any atom is 0.257 e. The van der Waals surface area contributed by atoms with Crippen molar-refractivity contribution in [1.29, 1.82) is 0 Å². The van der Waals surface area contributed by atoms with E-state index in [9.17, 15) is 4.79 Å². The largest absolute Gasteiger partial charge is 0.496 e. The van der Waals surface area contributed by atoms with E-state index in [1.807, 2.05) is 65.0 Å². The Labute approximate surface area is 173 Å². The maximum absolute atomic E-state index is 13.1. The number of halogens is 1. The van der Waals surface area contributed by atoms with E-state index in [4.69, 9.17) is 16.3 Å². The number of amides is 1. The molecule has 0 unspecified atom stereocenters. The number of hydrogen-bond donors (Lipinski definition) is 0. The highest BCUT2D eigenvalue weighted by Crippen LogP contribution is 2.31. The van der Waals surface area contributed by atoms with Gasteiger partial charge in [-0.05, 0) is 30.3 Å². The van der Waals surface area contributed by atoms with Gasteiger partial charge >= 0.3 is 0 Å². The predicted octanol–water partition coefficient (Wildman–Crippen LogP) is 4.30. The number of hydrogen-bond acceptors (Lipinski definition) is 3. The minimum Gasteiger partial charge on any atom is -0.496 e. The molecular formula is C22H21ClN4O2. The van der Waals surface area contributed by atoms with Gasteiger partial charge in [0.1, 0.15) is 11.6 Å². The van der Waals surface area contributed by atoms with Gasteiger partial charge in [0.25, 0.3) is 5.91 Å². The van der Waals surface area contributed by atoms with E-state index in [1.54, 1.807) is 31.2 Å². The fourth-order valence-corrected chi connectivity index (χ4v) is 3.66. The molecule has 0 radical (unpaired) electrons. The lowest BCUT2D eigenvalue weighted by atomic mass is 10.1. The summed E-state index contributed by atoms with van der Waals surface area (Å²) < 4.78 is 9.37. The van der Waals surface area contributed by atoms with Crippen molar-refractivity contribution >= 4 is 28.5 Å². The number of carbonyl (C=O) groups excluding carboxylic acids is 1. The molecule has 148 valence electrons. The number of ether oxygens (including phenoxy) is 1. The summed E-state index contributed by atoms with van der Waals surface area (Å²) in [6.07, 6.45) is 3.78. The minimum atomic E-state index is -0.185. The van der Waals surface area contributed by atoms with Crippen molar-refractivity contribution in [1.82, 2.24) is 19.0 Å². The van der Waals surface area contributed by atoms with Crippen molar-refractivity contribution < 1.29 is 9.53 Å². The number of rotatable bonds is 5. The van der Waals surface area contributed by atoms with Crippen LogP contribution >= 0.6 is 11.6 Å². The number of methoxy groups -OCH3 is 1. The van der Waals surface area contributed by atoms with E-state index >= 15 is 0 Å². The Morgan fingerprint density at radius 3 is 2.59 bits per heavy atom. The third-order valence-corrected chi connectivity index (χ3v) is 5.29. The number of aryl methyl sites for hydroxylation is 1. The molecule has 0 aliphatic rings. The Balaban J connectivity index is 1.64. The van der Waals surface area contributed by atoms with Crippen molar-refractivity contribution in [2.24, 2.45) is 7.05 Å². The van der Waals surface area contributed by atoms with Gasteiger partial charge in [-0.2, -0.15) is 0 Å². The van der Waals surface area contributed by atoms with E-state index in [-0.39, 0.29) is 5.91 Å². The fourth-order valence-electron chi connectivity index (χ4n) is 3.40. The van der Waals surface area contributed by atoms with Crippen LogP contribution in [0.2, 0.25) is 5.02 Å². The van der Waals surface area contributed by atoms with Gasteiger partial charge in [0, 0.05) is 32.6 Å². The third kappa shape index (κ3) is 3.47. The summed E-state index contributed by atoms with van der Waals surface area (Å²) in [6.45, 7) is 0.365. The van der Waals surface area contributed by atoms with E-state index in [1.165, 1.54) is 0 Å². The highest BCUT2D eigenvalue weighted by Gasteiger charge is 2.21. The Morgan fingerprint density at radius 2 is 1.90 bits per heavy atom. The number of nitrogens with zero attached hydrogens (tertiary/aromatic N) is 4. The highest BCUT2D eigenvalue weighted by molar-refractivity contribution is 6.33. The van der Waals surface area contributed by atoms with Crippen LogP contribution in [0.15, 0.2) is 60.9 Å². The van der Waals surface area contributed by atoms with Gasteiger partial charge in [0.05, 0.1) is 41.0 Å². The van der Waals surface area contributed by atoms with Gasteiger partial charge in [-0.3, -0.25) is 4.79 Å². The highest BCUT2D eigenvalue weighted by atomic mass is 35.5. The molecule has 0 atom stereocenters. The SMILES string of the molecule is COc1cc(-n2cccc2)c(Cl)cc1C(=O)N(C)Cc1nc2ccccc2n1C. The molecule has 4 aromatic rings. The molecule has 0 saturated carbocycles. The molecule has 2 aromatic heterocycles. The Morgan fingerprint density at radius 1 is 1.17 bits per heavy atom. The first-order valence-electron chi connectivity index (χ1n) is 9.16. The predicted molar refractivity (Wildman–Crippen MR) is 114 cm³/mol. The van der Waals surface area contributed by atoms with Crippen LogP contribution in [-0.4, -0.2) is 39.1 Å². The van der Waals surface area contributed by atoms with E-state index < -0.39 is 0 Å². The first kappa shape index (κ1) is 19.1. The summed E-state index contributed by atoms with van der Waals surface area (Å²) in [5.41, 5.74) is 3.10. The molecule has 0 spiro atoms. The second-order valence-electron chi connectivity index (χ2n) is 6.83. The van der Waals surface area contributed by atoms with E-state index in [0.29, 0.717) is 22.9 Å². The zero-order valence-electron chi connectivity index (χ0n) is 16.5. The number of carbonyl (C=O) groups is 1. The maximum atomic E-state index is 13.1. The average Bonchev–Trinajstić information content (AvgIpc) is 3.36. The Bertz CT molecular complexity index is 1180. The smallest absolute Gasteiger partial charge is 0.257 e. The van der Waals surface area contributed by atoms with Crippen LogP contribution in [-0.2, 0) is 13.6 Å². The molecule has 0 bridgehead atoms. The van der Waals surface area contributed by atoms with Gasteiger partial charge in [0.2, 0.25) is 0 Å². The average molecular weight is 409 g/mol. The summed E-state index contributed by atoms with van der Waals surface area (Å²) >= 11 is 6.47. The molecule has 0 N–H and O–H groups in total. The molecule has 0 aliphatic heterocycles. The molecule has 6 nitrogen and oxygen atoms in total. The Hall–Kier alpha value is -3.25. The van der Waals surface area contributed by atoms with Gasteiger partial charge < -0.3 is 18.8 Å². The van der Waals surface area contributed by atoms with E-state index in [0.717, 1.165) is 22.5 Å². The normalized spacial score (nSPS) is 11.0. The van der Waals surface area contributed by atoms with Crippen molar-refractivity contribution in [3.05, 3.63) is 77.3 Å². The number of para-hydroxylation sites is 2. The van der Waals surface area contributed by atoms with Gasteiger partial charge in [0.15, 0.2) is 0 Å². The lowest BCUT2D eigenvalue weighted by Gasteiger charge is -2.19. The topological polar surface area (TPSA) is 52.3 Å². The molecule has 2 aromatic carbocycles. The number of fused-ring (bicyclic) bond motifs is 1. The van der Waals surface area contributed by atoms with Crippen LogP contribution in [0.1, 0.15) is 16.2 Å². The summed E-state index contributed by atoms with van der Waals surface area (Å²) in [5, 5.41) is 0.474. The van der Waals surface area contributed by atoms with Crippen LogP contribution in [0, 0.1) is 0 Å². The van der Waals surface area contributed by atoms with Crippen molar-refractivity contribution in [2.45, 2.75) is 6.54 Å². The third-order valence-electron chi connectivity index (χ3n) is 4.99. The molecule has 0 saturated heterocycles. The summed E-state index contributed by atoms with van der Waals surface area (Å²) in [4.78, 5) is 19.4. The van der Waals surface area contributed by atoms with Gasteiger partial charge in [-0.1, -0.05) is 23.7 Å². The number of benzene rings is 2. The summed E-state index contributed by atoms with van der Waals surface area (Å²) in [5.74, 6) is 1.09. The summed E-state index contributed by atoms with van der Waals surface area (Å²) in [7, 11) is 5.24. The first-order valence-corrected chi connectivity index (χ1v) is 9.54. The van der Waals surface area contributed by atoms with Crippen LogP contribution in [0.25, 0.3) is 16.7 Å². The second kappa shape index (κ2) is 7.64.